The van der Waals surface area contributed by atoms with Gasteiger partial charge in [-0.1, -0.05) is 42.0 Å². The second-order valence-corrected chi connectivity index (χ2v) is 7.77. The Kier molecular flexibility index (Phi) is 7.25. The van der Waals surface area contributed by atoms with Crippen molar-refractivity contribution in [3.05, 3.63) is 89.7 Å². The lowest BCUT2D eigenvalue weighted by Gasteiger charge is -2.14. The molecule has 0 saturated heterocycles. The molecule has 6 heteroatoms. The van der Waals surface area contributed by atoms with Gasteiger partial charge < -0.3 is 19.4 Å². The van der Waals surface area contributed by atoms with Gasteiger partial charge in [0.05, 0.1) is 24.2 Å². The summed E-state index contributed by atoms with van der Waals surface area (Å²) < 4.78 is 13.8. The Hall–Kier alpha value is -3.80. The SMILES string of the molecule is CCOc1ccccc1OCCn1c(CCNC(=O)c2ccc(C)cc2)nc2ccccc21. The van der Waals surface area contributed by atoms with Crippen LogP contribution in [0.4, 0.5) is 0 Å². The van der Waals surface area contributed by atoms with Crippen LogP contribution in [0.25, 0.3) is 11.0 Å². The summed E-state index contributed by atoms with van der Waals surface area (Å²) >= 11 is 0. The fourth-order valence-corrected chi connectivity index (χ4v) is 3.75. The standard InChI is InChI=1S/C27H29N3O3/c1-3-32-24-10-6-7-11-25(24)33-19-18-30-23-9-5-4-8-22(23)29-26(30)16-17-28-27(31)21-14-12-20(2)13-15-21/h4-15H,3,16-19H2,1-2H3,(H,28,31). The van der Waals surface area contributed by atoms with Gasteiger partial charge in [-0.2, -0.15) is 0 Å². The van der Waals surface area contributed by atoms with E-state index in [2.05, 4.69) is 16.0 Å². The topological polar surface area (TPSA) is 65.4 Å². The predicted molar refractivity (Wildman–Crippen MR) is 130 cm³/mol. The van der Waals surface area contributed by atoms with E-state index in [9.17, 15) is 4.79 Å². The second-order valence-electron chi connectivity index (χ2n) is 7.77. The maximum atomic E-state index is 12.4. The maximum absolute atomic E-state index is 12.4. The molecule has 170 valence electrons. The number of rotatable bonds is 10. The molecule has 0 fully saturated rings. The maximum Gasteiger partial charge on any atom is 0.251 e. The fourth-order valence-electron chi connectivity index (χ4n) is 3.75. The van der Waals surface area contributed by atoms with Crippen LogP contribution in [0.5, 0.6) is 11.5 Å². The Morgan fingerprint density at radius 2 is 1.64 bits per heavy atom. The van der Waals surface area contributed by atoms with Crippen LogP contribution in [0, 0.1) is 6.92 Å². The van der Waals surface area contributed by atoms with Gasteiger partial charge in [0.25, 0.3) is 5.91 Å². The normalized spacial score (nSPS) is 10.8. The summed E-state index contributed by atoms with van der Waals surface area (Å²) in [4.78, 5) is 17.2. The smallest absolute Gasteiger partial charge is 0.251 e. The first kappa shape index (κ1) is 22.4. The number of fused-ring (bicyclic) bond motifs is 1. The van der Waals surface area contributed by atoms with Gasteiger partial charge in [-0.3, -0.25) is 4.79 Å². The Balaban J connectivity index is 1.42. The zero-order valence-corrected chi connectivity index (χ0v) is 19.1. The third kappa shape index (κ3) is 5.52. The fraction of sp³-hybridized carbons (Fsp3) is 0.259. The zero-order chi connectivity index (χ0) is 23.0. The number of carbonyl (C=O) groups excluding carboxylic acids is 1. The molecule has 0 unspecified atom stereocenters. The van der Waals surface area contributed by atoms with Crippen LogP contribution in [0.2, 0.25) is 0 Å². The van der Waals surface area contributed by atoms with E-state index < -0.39 is 0 Å². The van der Waals surface area contributed by atoms with Crippen molar-refractivity contribution >= 4 is 16.9 Å². The average molecular weight is 444 g/mol. The van der Waals surface area contributed by atoms with E-state index in [0.717, 1.165) is 33.9 Å². The van der Waals surface area contributed by atoms with E-state index in [1.165, 1.54) is 0 Å². The summed E-state index contributed by atoms with van der Waals surface area (Å²) in [5.74, 6) is 2.32. The van der Waals surface area contributed by atoms with E-state index in [4.69, 9.17) is 14.5 Å². The molecule has 0 bridgehead atoms. The third-order valence-corrected chi connectivity index (χ3v) is 5.40. The average Bonchev–Trinajstić information content (AvgIpc) is 3.18. The van der Waals surface area contributed by atoms with Crippen LogP contribution in [0.3, 0.4) is 0 Å². The molecule has 1 amide bonds. The van der Waals surface area contributed by atoms with Crippen molar-refractivity contribution in [1.29, 1.82) is 0 Å². The molecule has 6 nitrogen and oxygen atoms in total. The van der Waals surface area contributed by atoms with E-state index in [1.54, 1.807) is 0 Å². The minimum absolute atomic E-state index is 0.0754. The molecule has 0 aliphatic carbocycles. The first-order valence-corrected chi connectivity index (χ1v) is 11.3. The van der Waals surface area contributed by atoms with Gasteiger partial charge in [-0.05, 0) is 50.2 Å². The highest BCUT2D eigenvalue weighted by atomic mass is 16.5. The Morgan fingerprint density at radius 3 is 2.39 bits per heavy atom. The molecule has 3 aromatic carbocycles. The molecule has 0 aliphatic heterocycles. The summed E-state index contributed by atoms with van der Waals surface area (Å²) in [6.45, 7) is 6.17. The lowest BCUT2D eigenvalue weighted by Crippen LogP contribution is -2.26. The third-order valence-electron chi connectivity index (χ3n) is 5.40. The van der Waals surface area contributed by atoms with Crippen molar-refractivity contribution in [2.45, 2.75) is 26.8 Å². The number of nitrogens with zero attached hydrogens (tertiary/aromatic N) is 2. The lowest BCUT2D eigenvalue weighted by atomic mass is 10.1. The second kappa shape index (κ2) is 10.7. The molecule has 4 aromatic rings. The van der Waals surface area contributed by atoms with Gasteiger partial charge in [0.15, 0.2) is 11.5 Å². The van der Waals surface area contributed by atoms with Gasteiger partial charge in [0.1, 0.15) is 12.4 Å². The molecule has 0 spiro atoms. The monoisotopic (exact) mass is 443 g/mol. The number of nitrogens with one attached hydrogen (secondary N) is 1. The molecule has 0 atom stereocenters. The highest BCUT2D eigenvalue weighted by Crippen LogP contribution is 2.26. The van der Waals surface area contributed by atoms with Crippen molar-refractivity contribution in [3.63, 3.8) is 0 Å². The van der Waals surface area contributed by atoms with Crippen LogP contribution in [0.1, 0.15) is 28.7 Å². The molecular weight excluding hydrogens is 414 g/mol. The quantitative estimate of drug-likeness (QED) is 0.383. The Labute approximate surface area is 194 Å². The number of aromatic nitrogens is 2. The Bertz CT molecular complexity index is 1220. The van der Waals surface area contributed by atoms with E-state index in [1.807, 2.05) is 80.6 Å². The number of benzene rings is 3. The van der Waals surface area contributed by atoms with Crippen LogP contribution >= 0.6 is 0 Å². The summed E-state index contributed by atoms with van der Waals surface area (Å²) in [5.41, 5.74) is 3.79. The molecule has 1 aromatic heterocycles. The summed E-state index contributed by atoms with van der Waals surface area (Å²) in [6, 6.07) is 23.3. The van der Waals surface area contributed by atoms with Gasteiger partial charge >= 0.3 is 0 Å². The van der Waals surface area contributed by atoms with E-state index >= 15 is 0 Å². The van der Waals surface area contributed by atoms with E-state index in [0.29, 0.717) is 38.3 Å². The summed E-state index contributed by atoms with van der Waals surface area (Å²) in [5, 5.41) is 3.00. The molecule has 0 radical (unpaired) electrons. The minimum atomic E-state index is -0.0754. The molecule has 1 heterocycles. The molecular formula is C27H29N3O3. The summed E-state index contributed by atoms with van der Waals surface area (Å²) in [7, 11) is 0. The highest BCUT2D eigenvalue weighted by molar-refractivity contribution is 5.94. The van der Waals surface area contributed by atoms with E-state index in [-0.39, 0.29) is 5.91 Å². The first-order valence-electron chi connectivity index (χ1n) is 11.3. The highest BCUT2D eigenvalue weighted by Gasteiger charge is 2.12. The van der Waals surface area contributed by atoms with Gasteiger partial charge in [-0.25, -0.2) is 4.98 Å². The number of imidazole rings is 1. The van der Waals surface area contributed by atoms with Crippen molar-refractivity contribution < 1.29 is 14.3 Å². The minimum Gasteiger partial charge on any atom is -0.490 e. The predicted octanol–water partition coefficient (Wildman–Crippen LogP) is 4.79. The van der Waals surface area contributed by atoms with Gasteiger partial charge in [0.2, 0.25) is 0 Å². The molecule has 33 heavy (non-hydrogen) atoms. The first-order chi connectivity index (χ1) is 16.2. The number of aryl methyl sites for hydroxylation is 1. The molecule has 0 aliphatic rings. The van der Waals surface area contributed by atoms with Gasteiger partial charge in [-0.15, -0.1) is 0 Å². The lowest BCUT2D eigenvalue weighted by molar-refractivity contribution is 0.0954. The van der Waals surface area contributed by atoms with Crippen molar-refractivity contribution in [2.24, 2.45) is 0 Å². The zero-order valence-electron chi connectivity index (χ0n) is 19.1. The number of amides is 1. The van der Waals surface area contributed by atoms with Crippen molar-refractivity contribution in [3.8, 4) is 11.5 Å². The largest absolute Gasteiger partial charge is 0.490 e. The number of hydrogen-bond acceptors (Lipinski definition) is 4. The number of ether oxygens (including phenoxy) is 2. The number of carbonyl (C=O) groups is 1. The van der Waals surface area contributed by atoms with Crippen LogP contribution in [0.15, 0.2) is 72.8 Å². The molecule has 0 saturated carbocycles. The molecule has 1 N–H and O–H groups in total. The number of hydrogen-bond donors (Lipinski definition) is 1. The molecule has 4 rings (SSSR count). The number of para-hydroxylation sites is 4. The van der Waals surface area contributed by atoms with Crippen LogP contribution in [-0.4, -0.2) is 35.2 Å². The van der Waals surface area contributed by atoms with Crippen molar-refractivity contribution in [1.82, 2.24) is 14.9 Å². The van der Waals surface area contributed by atoms with Crippen LogP contribution < -0.4 is 14.8 Å². The van der Waals surface area contributed by atoms with Crippen molar-refractivity contribution in [2.75, 3.05) is 19.8 Å². The Morgan fingerprint density at radius 1 is 0.939 bits per heavy atom. The van der Waals surface area contributed by atoms with Gasteiger partial charge in [0, 0.05) is 18.5 Å². The van der Waals surface area contributed by atoms with Crippen LogP contribution in [-0.2, 0) is 13.0 Å². The summed E-state index contributed by atoms with van der Waals surface area (Å²) in [6.07, 6.45) is 0.627.